The van der Waals surface area contributed by atoms with Crippen molar-refractivity contribution in [3.05, 3.63) is 64.7 Å². The summed E-state index contributed by atoms with van der Waals surface area (Å²) >= 11 is 5.75. The van der Waals surface area contributed by atoms with E-state index in [1.165, 1.54) is 31.2 Å². The van der Waals surface area contributed by atoms with Gasteiger partial charge in [0.05, 0.1) is 10.1 Å². The van der Waals surface area contributed by atoms with Crippen LogP contribution >= 0.6 is 11.6 Å². The Morgan fingerprint density at radius 3 is 2.30 bits per heavy atom. The molecule has 0 saturated carbocycles. The van der Waals surface area contributed by atoms with Crippen LogP contribution in [-0.2, 0) is 9.84 Å². The van der Waals surface area contributed by atoms with E-state index in [2.05, 4.69) is 0 Å². The SMILES string of the molecule is C[C@@H](CO)[C@H](c1cc(F)ccc1F)S(=O)(=O)c1ccc(Cl)cc1. The zero-order valence-electron chi connectivity index (χ0n) is 12.2. The molecule has 0 aliphatic rings. The van der Waals surface area contributed by atoms with E-state index in [1.807, 2.05) is 0 Å². The fourth-order valence-corrected chi connectivity index (χ4v) is 4.53. The molecule has 2 aromatic carbocycles. The Labute approximate surface area is 138 Å². The molecule has 3 nitrogen and oxygen atoms in total. The van der Waals surface area contributed by atoms with Crippen LogP contribution in [0.5, 0.6) is 0 Å². The molecule has 2 rings (SSSR count). The van der Waals surface area contributed by atoms with Crippen molar-refractivity contribution in [3.63, 3.8) is 0 Å². The molecular weight excluding hydrogens is 346 g/mol. The number of halogens is 3. The number of benzene rings is 2. The van der Waals surface area contributed by atoms with E-state index in [4.69, 9.17) is 11.6 Å². The number of sulfone groups is 1. The highest BCUT2D eigenvalue weighted by Gasteiger charge is 2.35. The fraction of sp³-hybridized carbons (Fsp3) is 0.250. The van der Waals surface area contributed by atoms with Gasteiger partial charge in [-0.3, -0.25) is 0 Å². The van der Waals surface area contributed by atoms with E-state index >= 15 is 0 Å². The van der Waals surface area contributed by atoms with Gasteiger partial charge in [-0.2, -0.15) is 0 Å². The summed E-state index contributed by atoms with van der Waals surface area (Å²) in [6, 6.07) is 8.03. The van der Waals surface area contributed by atoms with Crippen LogP contribution in [0.15, 0.2) is 47.4 Å². The molecule has 0 amide bonds. The van der Waals surface area contributed by atoms with Crippen molar-refractivity contribution >= 4 is 21.4 Å². The van der Waals surface area contributed by atoms with E-state index in [1.54, 1.807) is 0 Å². The van der Waals surface area contributed by atoms with Crippen LogP contribution < -0.4 is 0 Å². The molecule has 0 aliphatic carbocycles. The lowest BCUT2D eigenvalue weighted by molar-refractivity contribution is 0.231. The van der Waals surface area contributed by atoms with Crippen LogP contribution in [0.3, 0.4) is 0 Å². The smallest absolute Gasteiger partial charge is 0.185 e. The van der Waals surface area contributed by atoms with Crippen molar-refractivity contribution < 1.29 is 22.3 Å². The molecule has 1 N–H and O–H groups in total. The Kier molecular flexibility index (Phi) is 5.39. The summed E-state index contributed by atoms with van der Waals surface area (Å²) in [6.07, 6.45) is 0. The summed E-state index contributed by atoms with van der Waals surface area (Å²) in [5.74, 6) is -2.41. The first-order chi connectivity index (χ1) is 10.8. The topological polar surface area (TPSA) is 54.4 Å². The van der Waals surface area contributed by atoms with Crippen LogP contribution in [0.2, 0.25) is 5.02 Å². The lowest BCUT2D eigenvalue weighted by Gasteiger charge is -2.23. The predicted octanol–water partition coefficient (Wildman–Crippen LogP) is 3.76. The van der Waals surface area contributed by atoms with E-state index in [-0.39, 0.29) is 10.5 Å². The van der Waals surface area contributed by atoms with Gasteiger partial charge < -0.3 is 5.11 Å². The molecular formula is C16H15ClF2O3S. The normalized spacial score (nSPS) is 14.5. The van der Waals surface area contributed by atoms with Crippen LogP contribution in [0.4, 0.5) is 8.78 Å². The van der Waals surface area contributed by atoms with Gasteiger partial charge in [-0.15, -0.1) is 0 Å². The minimum absolute atomic E-state index is 0.0733. The standard InChI is InChI=1S/C16H15ClF2O3S/c1-10(9-20)16(14-8-12(18)4-7-15(14)19)23(21,22)13-5-2-11(17)3-6-13/h2-8,10,16,20H,9H2,1H3/t10-,16+/m0/s1. The first kappa shape index (κ1) is 17.8. The second-order valence-electron chi connectivity index (χ2n) is 5.25. The van der Waals surface area contributed by atoms with Crippen LogP contribution in [-0.4, -0.2) is 20.1 Å². The summed E-state index contributed by atoms with van der Waals surface area (Å²) < 4.78 is 53.3. The van der Waals surface area contributed by atoms with Crippen molar-refractivity contribution in [2.24, 2.45) is 5.92 Å². The average Bonchev–Trinajstić information content (AvgIpc) is 2.51. The minimum Gasteiger partial charge on any atom is -0.396 e. The maximum Gasteiger partial charge on any atom is 0.185 e. The monoisotopic (exact) mass is 360 g/mol. The van der Waals surface area contributed by atoms with Gasteiger partial charge in [-0.1, -0.05) is 18.5 Å². The van der Waals surface area contributed by atoms with Gasteiger partial charge in [0.25, 0.3) is 0 Å². The van der Waals surface area contributed by atoms with Crippen molar-refractivity contribution in [3.8, 4) is 0 Å². The lowest BCUT2D eigenvalue weighted by Crippen LogP contribution is -2.24. The third-order valence-corrected chi connectivity index (χ3v) is 6.11. The molecule has 0 bridgehead atoms. The van der Waals surface area contributed by atoms with Crippen LogP contribution in [0, 0.1) is 17.6 Å². The van der Waals surface area contributed by atoms with Crippen LogP contribution in [0.1, 0.15) is 17.7 Å². The second-order valence-corrected chi connectivity index (χ2v) is 7.75. The molecule has 2 atom stereocenters. The van der Waals surface area contributed by atoms with E-state index < -0.39 is 39.2 Å². The summed E-state index contributed by atoms with van der Waals surface area (Å²) in [6.45, 7) is 0.968. The van der Waals surface area contributed by atoms with E-state index in [0.717, 1.165) is 18.2 Å². The molecule has 0 aromatic heterocycles. The van der Waals surface area contributed by atoms with Gasteiger partial charge in [0, 0.05) is 23.1 Å². The predicted molar refractivity (Wildman–Crippen MR) is 84.0 cm³/mol. The Hall–Kier alpha value is -1.50. The lowest BCUT2D eigenvalue weighted by atomic mass is 10.0. The van der Waals surface area contributed by atoms with Crippen molar-refractivity contribution in [2.45, 2.75) is 17.1 Å². The molecule has 0 radical (unpaired) electrons. The van der Waals surface area contributed by atoms with E-state index in [9.17, 15) is 22.3 Å². The third kappa shape index (κ3) is 3.71. The van der Waals surface area contributed by atoms with Crippen molar-refractivity contribution in [1.29, 1.82) is 0 Å². The second kappa shape index (κ2) is 6.95. The number of aliphatic hydroxyl groups is 1. The molecule has 0 saturated heterocycles. The van der Waals surface area contributed by atoms with Gasteiger partial charge in [-0.05, 0) is 42.5 Å². The van der Waals surface area contributed by atoms with Gasteiger partial charge in [0.2, 0.25) is 0 Å². The van der Waals surface area contributed by atoms with E-state index in [0.29, 0.717) is 5.02 Å². The third-order valence-electron chi connectivity index (χ3n) is 3.55. The maximum atomic E-state index is 14.1. The summed E-state index contributed by atoms with van der Waals surface area (Å²) in [7, 11) is -4.05. The Morgan fingerprint density at radius 1 is 1.13 bits per heavy atom. The first-order valence-corrected chi connectivity index (χ1v) is 8.75. The molecule has 2 aromatic rings. The number of aliphatic hydroxyl groups excluding tert-OH is 1. The highest BCUT2D eigenvalue weighted by molar-refractivity contribution is 7.91. The van der Waals surface area contributed by atoms with Gasteiger partial charge in [0.1, 0.15) is 11.6 Å². The molecule has 7 heteroatoms. The average molecular weight is 361 g/mol. The van der Waals surface area contributed by atoms with Crippen molar-refractivity contribution in [2.75, 3.05) is 6.61 Å². The maximum absolute atomic E-state index is 14.1. The summed E-state index contributed by atoms with van der Waals surface area (Å²) in [5.41, 5.74) is -0.304. The number of hydrogen-bond donors (Lipinski definition) is 1. The Morgan fingerprint density at radius 2 is 1.74 bits per heavy atom. The zero-order chi connectivity index (χ0) is 17.2. The molecule has 124 valence electrons. The van der Waals surface area contributed by atoms with Gasteiger partial charge in [0.15, 0.2) is 9.84 Å². The number of hydrogen-bond acceptors (Lipinski definition) is 3. The van der Waals surface area contributed by atoms with Gasteiger partial charge in [-0.25, -0.2) is 17.2 Å². The summed E-state index contributed by atoms with van der Waals surface area (Å²) in [5, 5.41) is 8.32. The molecule has 23 heavy (non-hydrogen) atoms. The summed E-state index contributed by atoms with van der Waals surface area (Å²) in [4.78, 5) is -0.0733. The minimum atomic E-state index is -4.05. The zero-order valence-corrected chi connectivity index (χ0v) is 13.8. The van der Waals surface area contributed by atoms with Crippen LogP contribution in [0.25, 0.3) is 0 Å². The molecule has 0 aliphatic heterocycles. The molecule has 0 spiro atoms. The molecule has 0 unspecified atom stereocenters. The molecule has 0 heterocycles. The van der Waals surface area contributed by atoms with Crippen molar-refractivity contribution in [1.82, 2.24) is 0 Å². The first-order valence-electron chi connectivity index (χ1n) is 6.82. The molecule has 0 fully saturated rings. The van der Waals surface area contributed by atoms with Gasteiger partial charge >= 0.3 is 0 Å². The quantitative estimate of drug-likeness (QED) is 0.883. The Balaban J connectivity index is 2.63. The highest BCUT2D eigenvalue weighted by atomic mass is 35.5. The Bertz CT molecular complexity index is 791. The number of rotatable bonds is 5. The highest BCUT2D eigenvalue weighted by Crippen LogP contribution is 2.37. The largest absolute Gasteiger partial charge is 0.396 e. The fourth-order valence-electron chi connectivity index (χ4n) is 2.38.